The van der Waals surface area contributed by atoms with Gasteiger partial charge in [0.05, 0.1) is 23.1 Å². The molecule has 0 radical (unpaired) electrons. The van der Waals surface area contributed by atoms with Crippen molar-refractivity contribution in [2.75, 3.05) is 0 Å². The molecule has 2 aromatic carbocycles. The van der Waals surface area contributed by atoms with Crippen molar-refractivity contribution in [3.05, 3.63) is 89.5 Å². The van der Waals surface area contributed by atoms with Crippen LogP contribution in [0.15, 0.2) is 67.1 Å². The Morgan fingerprint density at radius 1 is 1.03 bits per heavy atom. The maximum atomic E-state index is 12.5. The lowest BCUT2D eigenvalue weighted by Gasteiger charge is -2.10. The van der Waals surface area contributed by atoms with Crippen LogP contribution >= 0.6 is 0 Å². The number of carbonyl (C=O) groups excluding carboxylic acids is 1. The number of pyridine rings is 1. The molecule has 2 aliphatic rings. The summed E-state index contributed by atoms with van der Waals surface area (Å²) >= 11 is 0. The van der Waals surface area contributed by atoms with Gasteiger partial charge < -0.3 is 9.88 Å². The summed E-state index contributed by atoms with van der Waals surface area (Å²) in [6.45, 7) is 0. The summed E-state index contributed by atoms with van der Waals surface area (Å²) in [7, 11) is 2.02. The van der Waals surface area contributed by atoms with E-state index in [2.05, 4.69) is 40.6 Å². The molecule has 31 heavy (non-hydrogen) atoms. The van der Waals surface area contributed by atoms with Crippen LogP contribution in [-0.4, -0.2) is 26.5 Å². The fourth-order valence-corrected chi connectivity index (χ4v) is 4.26. The molecule has 0 atom stereocenters. The molecule has 1 fully saturated rings. The molecule has 1 N–H and O–H groups in total. The van der Waals surface area contributed by atoms with Gasteiger partial charge in [0.1, 0.15) is 0 Å². The Hall–Kier alpha value is -3.73. The number of benzene rings is 2. The van der Waals surface area contributed by atoms with Crippen LogP contribution in [-0.2, 0) is 13.5 Å². The second-order valence-corrected chi connectivity index (χ2v) is 8.43. The van der Waals surface area contributed by atoms with E-state index in [0.29, 0.717) is 11.6 Å². The predicted molar refractivity (Wildman–Crippen MR) is 122 cm³/mol. The number of nitrogens with zero attached hydrogens (tertiary/aromatic N) is 3. The van der Waals surface area contributed by atoms with E-state index in [1.54, 1.807) is 0 Å². The Morgan fingerprint density at radius 3 is 2.81 bits per heavy atom. The number of nitrogens with one attached hydrogen (secondary N) is 1. The molecular weight excluding hydrogens is 384 g/mol. The van der Waals surface area contributed by atoms with E-state index in [4.69, 9.17) is 4.98 Å². The molecule has 5 heteroatoms. The summed E-state index contributed by atoms with van der Waals surface area (Å²) in [5.41, 5.74) is 9.46. The maximum absolute atomic E-state index is 12.5. The molecule has 0 saturated heterocycles. The first-order valence-electron chi connectivity index (χ1n) is 10.7. The van der Waals surface area contributed by atoms with Gasteiger partial charge in [-0.25, -0.2) is 4.98 Å². The highest BCUT2D eigenvalue weighted by atomic mass is 16.1. The zero-order valence-electron chi connectivity index (χ0n) is 17.3. The van der Waals surface area contributed by atoms with Gasteiger partial charge in [0.2, 0.25) is 0 Å². The molecule has 2 aliphatic carbocycles. The second kappa shape index (κ2) is 6.91. The van der Waals surface area contributed by atoms with Gasteiger partial charge in [-0.05, 0) is 59.9 Å². The summed E-state index contributed by atoms with van der Waals surface area (Å²) in [5.74, 6) is 0.00327. The summed E-state index contributed by atoms with van der Waals surface area (Å²) in [6, 6.07) is 16.8. The molecule has 0 spiro atoms. The largest absolute Gasteiger partial charge is 0.349 e. The van der Waals surface area contributed by atoms with E-state index >= 15 is 0 Å². The molecule has 6 rings (SSSR count). The minimum Gasteiger partial charge on any atom is -0.349 e. The molecule has 5 nitrogen and oxygen atoms in total. The third-order valence-corrected chi connectivity index (χ3v) is 6.17. The Morgan fingerprint density at radius 2 is 1.94 bits per heavy atom. The highest BCUT2D eigenvalue weighted by molar-refractivity contribution is 5.96. The highest BCUT2D eigenvalue weighted by Gasteiger charge is 2.24. The van der Waals surface area contributed by atoms with Crippen molar-refractivity contribution < 1.29 is 4.79 Å². The van der Waals surface area contributed by atoms with E-state index in [9.17, 15) is 4.79 Å². The van der Waals surface area contributed by atoms with E-state index in [-0.39, 0.29) is 5.91 Å². The van der Waals surface area contributed by atoms with Gasteiger partial charge in [-0.2, -0.15) is 0 Å². The van der Waals surface area contributed by atoms with E-state index < -0.39 is 0 Å². The van der Waals surface area contributed by atoms with Crippen molar-refractivity contribution in [1.29, 1.82) is 0 Å². The predicted octanol–water partition coefficient (Wildman–Crippen LogP) is 4.52. The van der Waals surface area contributed by atoms with Gasteiger partial charge in [0.25, 0.3) is 5.91 Å². The molecule has 0 bridgehead atoms. The molecule has 2 aromatic heterocycles. The van der Waals surface area contributed by atoms with Crippen LogP contribution in [0.3, 0.4) is 0 Å². The molecule has 4 aromatic rings. The minimum atomic E-state index is 0.00327. The molecule has 1 saturated carbocycles. The number of fused-ring (bicyclic) bond motifs is 2. The number of hydrogen-bond donors (Lipinski definition) is 1. The van der Waals surface area contributed by atoms with Crippen LogP contribution in [0.5, 0.6) is 0 Å². The quantitative estimate of drug-likeness (QED) is 0.542. The van der Waals surface area contributed by atoms with Crippen molar-refractivity contribution >= 4 is 22.5 Å². The smallest absolute Gasteiger partial charge is 0.251 e. The van der Waals surface area contributed by atoms with Crippen molar-refractivity contribution in [3.63, 3.8) is 0 Å². The van der Waals surface area contributed by atoms with E-state index in [0.717, 1.165) is 52.7 Å². The van der Waals surface area contributed by atoms with E-state index in [1.165, 1.54) is 11.1 Å². The van der Waals surface area contributed by atoms with Gasteiger partial charge in [0.15, 0.2) is 0 Å². The topological polar surface area (TPSA) is 59.8 Å². The third-order valence-electron chi connectivity index (χ3n) is 6.17. The van der Waals surface area contributed by atoms with E-state index in [1.807, 2.05) is 48.4 Å². The lowest BCUT2D eigenvalue weighted by molar-refractivity contribution is 0.0951. The number of carbonyl (C=O) groups is 1. The Bertz CT molecular complexity index is 1380. The molecule has 1 amide bonds. The van der Waals surface area contributed by atoms with Crippen molar-refractivity contribution in [3.8, 4) is 11.1 Å². The standard InChI is InChI=1S/C26H22N4O/c1-30-15-28-24-9-5-17(13-25(24)30)21-8-10-23-22(21)12-19(14-27-23)16-3-2-4-18(11-16)26(31)29-20-6-7-20/h2-5,8-9,11-15,20H,6-7,10H2,1H3,(H,29,31). The molecule has 0 unspecified atom stereocenters. The Labute approximate surface area is 180 Å². The van der Waals surface area contributed by atoms with Crippen LogP contribution in [0, 0.1) is 0 Å². The maximum Gasteiger partial charge on any atom is 0.251 e. The van der Waals surface area contributed by atoms with Crippen LogP contribution in [0.2, 0.25) is 0 Å². The number of hydrogen-bond acceptors (Lipinski definition) is 3. The monoisotopic (exact) mass is 406 g/mol. The zero-order chi connectivity index (χ0) is 20.9. The molecular formula is C26H22N4O. The lowest BCUT2D eigenvalue weighted by Crippen LogP contribution is -2.25. The zero-order valence-corrected chi connectivity index (χ0v) is 17.3. The lowest BCUT2D eigenvalue weighted by atomic mass is 9.97. The number of rotatable bonds is 4. The number of imidazole rings is 1. The van der Waals surface area contributed by atoms with Crippen molar-refractivity contribution in [1.82, 2.24) is 19.9 Å². The minimum absolute atomic E-state index is 0.00327. The van der Waals surface area contributed by atoms with Gasteiger partial charge in [-0.1, -0.05) is 24.3 Å². The first-order valence-corrected chi connectivity index (χ1v) is 10.7. The fraction of sp³-hybridized carbons (Fsp3) is 0.192. The van der Waals surface area contributed by atoms with Crippen molar-refractivity contribution in [2.45, 2.75) is 25.3 Å². The summed E-state index contributed by atoms with van der Waals surface area (Å²) in [4.78, 5) is 21.6. The summed E-state index contributed by atoms with van der Waals surface area (Å²) in [5, 5.41) is 3.07. The van der Waals surface area contributed by atoms with Gasteiger partial charge in [-0.3, -0.25) is 9.78 Å². The Balaban J connectivity index is 1.36. The number of aromatic nitrogens is 3. The normalized spacial score (nSPS) is 15.1. The van der Waals surface area contributed by atoms with Crippen LogP contribution < -0.4 is 5.32 Å². The first kappa shape index (κ1) is 18.1. The highest BCUT2D eigenvalue weighted by Crippen LogP contribution is 2.35. The fourth-order valence-electron chi connectivity index (χ4n) is 4.26. The third kappa shape index (κ3) is 3.22. The average molecular weight is 406 g/mol. The van der Waals surface area contributed by atoms with Gasteiger partial charge in [-0.15, -0.1) is 0 Å². The average Bonchev–Trinajstić information content (AvgIpc) is 3.40. The molecule has 0 aliphatic heterocycles. The SMILES string of the molecule is Cn1cnc2ccc(C3=CCc4ncc(-c5cccc(C(=O)NC6CC6)c5)cc43)cc21. The van der Waals surface area contributed by atoms with Crippen LogP contribution in [0.25, 0.3) is 27.7 Å². The van der Waals surface area contributed by atoms with Gasteiger partial charge >= 0.3 is 0 Å². The second-order valence-electron chi connectivity index (χ2n) is 8.43. The number of aryl methyl sites for hydroxylation is 1. The number of amides is 1. The molecule has 152 valence electrons. The number of allylic oxidation sites excluding steroid dienone is 1. The van der Waals surface area contributed by atoms with Crippen molar-refractivity contribution in [2.24, 2.45) is 7.05 Å². The first-order chi connectivity index (χ1) is 15.2. The van der Waals surface area contributed by atoms with Crippen LogP contribution in [0.4, 0.5) is 0 Å². The Kier molecular flexibility index (Phi) is 4.03. The van der Waals surface area contributed by atoms with Gasteiger partial charge in [0, 0.05) is 42.4 Å². The van der Waals surface area contributed by atoms with Crippen LogP contribution in [0.1, 0.15) is 40.0 Å². The summed E-state index contributed by atoms with van der Waals surface area (Å²) < 4.78 is 2.04. The summed E-state index contributed by atoms with van der Waals surface area (Å²) in [6.07, 6.45) is 9.01. The molecule has 2 heterocycles.